The molecule has 0 amide bonds. The number of hydrogen-bond acceptors (Lipinski definition) is 8. The summed E-state index contributed by atoms with van der Waals surface area (Å²) < 4.78 is 16.7. The van der Waals surface area contributed by atoms with E-state index in [1.165, 1.54) is 12.1 Å². The zero-order chi connectivity index (χ0) is 26.8. The summed E-state index contributed by atoms with van der Waals surface area (Å²) in [6, 6.07) is 9.36. The van der Waals surface area contributed by atoms with E-state index in [1.54, 1.807) is 24.3 Å². The van der Waals surface area contributed by atoms with Gasteiger partial charge in [-0.3, -0.25) is 4.79 Å². The van der Waals surface area contributed by atoms with Gasteiger partial charge in [-0.15, -0.1) is 24.8 Å². The Bertz CT molecular complexity index is 1180. The molecule has 0 unspecified atom stereocenters. The number of rotatable bonds is 14. The van der Waals surface area contributed by atoms with Crippen molar-refractivity contribution < 1.29 is 23.5 Å². The largest absolute Gasteiger partial charge is 0.462 e. The smallest absolute Gasteiger partial charge is 0.338 e. The van der Waals surface area contributed by atoms with Gasteiger partial charge in [-0.25, -0.2) is 9.59 Å². The van der Waals surface area contributed by atoms with E-state index < -0.39 is 11.9 Å². The highest BCUT2D eigenvalue weighted by Crippen LogP contribution is 2.21. The van der Waals surface area contributed by atoms with Crippen molar-refractivity contribution in [2.75, 3.05) is 52.5 Å². The van der Waals surface area contributed by atoms with Crippen LogP contribution < -0.4 is 5.43 Å². The summed E-state index contributed by atoms with van der Waals surface area (Å²) >= 11 is 0. The fraction of sp³-hybridized carbons (Fsp3) is 0.483. The van der Waals surface area contributed by atoms with Crippen LogP contribution in [0.15, 0.2) is 45.6 Å². The summed E-state index contributed by atoms with van der Waals surface area (Å²) in [6.07, 6.45) is 1.48. The van der Waals surface area contributed by atoms with E-state index >= 15 is 0 Å². The zero-order valence-corrected chi connectivity index (χ0v) is 24.8. The van der Waals surface area contributed by atoms with Crippen molar-refractivity contribution >= 4 is 58.7 Å². The Balaban J connectivity index is 0.00000380. The van der Waals surface area contributed by atoms with Crippen molar-refractivity contribution in [3.8, 4) is 0 Å². The van der Waals surface area contributed by atoms with Crippen molar-refractivity contribution in [2.45, 2.75) is 40.5 Å². The summed E-state index contributed by atoms with van der Waals surface area (Å²) in [5.74, 6) is -0.967. The summed E-state index contributed by atoms with van der Waals surface area (Å²) in [5, 5.41) is 0.518. The summed E-state index contributed by atoms with van der Waals surface area (Å²) in [7, 11) is 0. The topological polar surface area (TPSA) is 89.3 Å². The van der Waals surface area contributed by atoms with Crippen LogP contribution in [0.2, 0.25) is 0 Å². The van der Waals surface area contributed by atoms with E-state index in [9.17, 15) is 14.4 Å². The fourth-order valence-electron chi connectivity index (χ4n) is 4.26. The van der Waals surface area contributed by atoms with Gasteiger partial charge in [0.1, 0.15) is 11.2 Å². The lowest BCUT2D eigenvalue weighted by Crippen LogP contribution is -2.25. The maximum atomic E-state index is 13.3. The minimum Gasteiger partial charge on any atom is -0.462 e. The Hall–Kier alpha value is -2.65. The molecular formula is C29H40Cl2N2O6. The average molecular weight is 584 g/mol. The van der Waals surface area contributed by atoms with Crippen LogP contribution in [-0.4, -0.2) is 74.2 Å². The number of carbonyl (C=O) groups is 2. The van der Waals surface area contributed by atoms with Gasteiger partial charge in [0.15, 0.2) is 0 Å². The lowest BCUT2D eigenvalue weighted by molar-refractivity contribution is 0.0480. The molecule has 0 atom stereocenters. The van der Waals surface area contributed by atoms with Gasteiger partial charge < -0.3 is 23.7 Å². The van der Waals surface area contributed by atoms with Crippen molar-refractivity contribution in [2.24, 2.45) is 0 Å². The van der Waals surface area contributed by atoms with Crippen LogP contribution in [0.1, 0.15) is 61.3 Å². The molecule has 0 aliphatic carbocycles. The number of esters is 2. The van der Waals surface area contributed by atoms with Gasteiger partial charge in [-0.1, -0.05) is 27.7 Å². The first-order chi connectivity index (χ1) is 17.9. The summed E-state index contributed by atoms with van der Waals surface area (Å²) in [6.45, 7) is 14.5. The molecule has 0 fully saturated rings. The molecule has 216 valence electrons. The number of ether oxygens (including phenoxy) is 2. The predicted molar refractivity (Wildman–Crippen MR) is 160 cm³/mol. The molecule has 2 aromatic carbocycles. The Labute approximate surface area is 242 Å². The molecule has 8 nitrogen and oxygen atoms in total. The number of carbonyl (C=O) groups excluding carboxylic acids is 2. The minimum absolute atomic E-state index is 0. The number of fused-ring (bicyclic) bond motifs is 2. The highest BCUT2D eigenvalue weighted by molar-refractivity contribution is 5.99. The van der Waals surface area contributed by atoms with Crippen LogP contribution in [0.5, 0.6) is 0 Å². The van der Waals surface area contributed by atoms with Crippen molar-refractivity contribution in [1.82, 2.24) is 9.80 Å². The summed E-state index contributed by atoms with van der Waals surface area (Å²) in [5.41, 5.74) is 0.977. The molecule has 0 aliphatic heterocycles. The van der Waals surface area contributed by atoms with Gasteiger partial charge in [0.25, 0.3) is 0 Å². The molecule has 0 N–H and O–H groups in total. The lowest BCUT2D eigenvalue weighted by atomic mass is 10.1. The third-order valence-electron chi connectivity index (χ3n) is 6.63. The van der Waals surface area contributed by atoms with E-state index in [4.69, 9.17) is 13.9 Å². The Morgan fingerprint density at radius 1 is 0.692 bits per heavy atom. The maximum absolute atomic E-state index is 13.3. The van der Waals surface area contributed by atoms with Crippen LogP contribution in [0, 0.1) is 0 Å². The second kappa shape index (κ2) is 17.1. The van der Waals surface area contributed by atoms with E-state index in [-0.39, 0.29) is 52.1 Å². The first kappa shape index (κ1) is 34.4. The lowest BCUT2D eigenvalue weighted by Gasteiger charge is -2.17. The van der Waals surface area contributed by atoms with Crippen LogP contribution in [-0.2, 0) is 9.47 Å². The second-order valence-corrected chi connectivity index (χ2v) is 8.89. The van der Waals surface area contributed by atoms with Gasteiger partial charge in [0.2, 0.25) is 5.43 Å². The van der Waals surface area contributed by atoms with Crippen molar-refractivity contribution in [3.63, 3.8) is 0 Å². The minimum atomic E-state index is -0.483. The van der Waals surface area contributed by atoms with E-state index in [0.717, 1.165) is 52.1 Å². The molecule has 1 heterocycles. The molecule has 0 spiro atoms. The SMILES string of the molecule is CCN(CC)CCCOC(=O)c1ccc2oc3ccc(C(=O)OCCCN(CC)CC)cc3c(=O)c2c1.Cl.Cl. The number of benzene rings is 2. The maximum Gasteiger partial charge on any atom is 0.338 e. The fourth-order valence-corrected chi connectivity index (χ4v) is 4.26. The van der Waals surface area contributed by atoms with E-state index in [2.05, 4.69) is 37.5 Å². The van der Waals surface area contributed by atoms with Crippen LogP contribution in [0.25, 0.3) is 21.9 Å². The Morgan fingerprint density at radius 2 is 1.08 bits per heavy atom. The van der Waals surface area contributed by atoms with Crippen molar-refractivity contribution in [1.29, 1.82) is 0 Å². The number of halogens is 2. The molecule has 0 saturated carbocycles. The molecule has 10 heteroatoms. The molecule has 0 aliphatic rings. The standard InChI is InChI=1S/C29H38N2O6.2ClH/c1-5-30(6-2)15-9-17-35-28(33)21-11-13-25-23(19-21)27(32)24-20-22(12-14-26(24)37-25)29(34)36-18-10-16-31(7-3)8-4;;/h11-14,19-20H,5-10,15-18H2,1-4H3;2*1H. The van der Waals surface area contributed by atoms with Gasteiger partial charge in [0.05, 0.1) is 35.1 Å². The monoisotopic (exact) mass is 582 g/mol. The van der Waals surface area contributed by atoms with Gasteiger partial charge in [-0.05, 0) is 75.4 Å². The Morgan fingerprint density at radius 3 is 1.44 bits per heavy atom. The highest BCUT2D eigenvalue weighted by Gasteiger charge is 2.15. The molecule has 0 bridgehead atoms. The molecule has 0 saturated heterocycles. The van der Waals surface area contributed by atoms with Crippen LogP contribution >= 0.6 is 24.8 Å². The van der Waals surface area contributed by atoms with Crippen LogP contribution in [0.4, 0.5) is 0 Å². The summed E-state index contributed by atoms with van der Waals surface area (Å²) in [4.78, 5) is 42.9. The molecule has 0 radical (unpaired) electrons. The molecule has 1 aromatic heterocycles. The molecule has 39 heavy (non-hydrogen) atoms. The zero-order valence-electron chi connectivity index (χ0n) is 23.2. The predicted octanol–water partition coefficient (Wildman–Crippen LogP) is 5.57. The van der Waals surface area contributed by atoms with E-state index in [1.807, 2.05) is 0 Å². The van der Waals surface area contributed by atoms with E-state index in [0.29, 0.717) is 24.4 Å². The number of hydrogen-bond donors (Lipinski definition) is 0. The first-order valence-electron chi connectivity index (χ1n) is 13.2. The quantitative estimate of drug-likeness (QED) is 0.138. The van der Waals surface area contributed by atoms with Gasteiger partial charge >= 0.3 is 11.9 Å². The van der Waals surface area contributed by atoms with Crippen LogP contribution in [0.3, 0.4) is 0 Å². The number of nitrogens with zero attached hydrogens (tertiary/aromatic N) is 2. The first-order valence-corrected chi connectivity index (χ1v) is 13.2. The third kappa shape index (κ3) is 9.21. The van der Waals surface area contributed by atoms with Gasteiger partial charge in [-0.2, -0.15) is 0 Å². The molecule has 3 aromatic rings. The average Bonchev–Trinajstić information content (AvgIpc) is 2.92. The molecule has 3 rings (SSSR count). The Kier molecular flexibility index (Phi) is 15.1. The molecular weight excluding hydrogens is 543 g/mol. The van der Waals surface area contributed by atoms with Gasteiger partial charge in [0, 0.05) is 13.1 Å². The van der Waals surface area contributed by atoms with Crippen molar-refractivity contribution in [3.05, 3.63) is 57.7 Å². The highest BCUT2D eigenvalue weighted by atomic mass is 35.5. The normalized spacial score (nSPS) is 10.9. The second-order valence-electron chi connectivity index (χ2n) is 8.89. The third-order valence-corrected chi connectivity index (χ3v) is 6.63.